The molecule has 0 radical (unpaired) electrons. The van der Waals surface area contributed by atoms with Gasteiger partial charge in [-0.25, -0.2) is 4.79 Å². The number of nitrogens with two attached hydrogens (primary N) is 1. The number of halogens is 6. The van der Waals surface area contributed by atoms with Crippen molar-refractivity contribution in [2.75, 3.05) is 13.7 Å². The minimum Gasteiger partial charge on any atom is -0.496 e. The summed E-state index contributed by atoms with van der Waals surface area (Å²) in [6, 6.07) is 3.46. The van der Waals surface area contributed by atoms with Gasteiger partial charge in [0.05, 0.1) is 29.7 Å². The van der Waals surface area contributed by atoms with Gasteiger partial charge in [0.25, 0.3) is 0 Å². The van der Waals surface area contributed by atoms with Gasteiger partial charge in [-0.15, -0.1) is 0 Å². The second kappa shape index (κ2) is 11.2. The van der Waals surface area contributed by atoms with Gasteiger partial charge < -0.3 is 15.2 Å². The third-order valence-electron chi connectivity index (χ3n) is 8.20. The molecule has 0 aromatic heterocycles. The molecule has 0 bridgehead atoms. The highest BCUT2D eigenvalue weighted by Gasteiger charge is 2.48. The number of methoxy groups -OCH3 is 1. The number of nitrogens with zero attached hydrogens (tertiary/aromatic N) is 1. The molecule has 1 fully saturated rings. The summed E-state index contributed by atoms with van der Waals surface area (Å²) in [5.41, 5.74) is 4.02. The van der Waals surface area contributed by atoms with E-state index in [0.717, 1.165) is 47.3 Å². The van der Waals surface area contributed by atoms with Crippen LogP contribution in [0.3, 0.4) is 0 Å². The zero-order valence-corrected chi connectivity index (χ0v) is 23.6. The van der Waals surface area contributed by atoms with Crippen LogP contribution in [0.4, 0.5) is 31.1 Å². The van der Waals surface area contributed by atoms with Crippen molar-refractivity contribution < 1.29 is 45.4 Å². The van der Waals surface area contributed by atoms with Gasteiger partial charge in [0, 0.05) is 6.54 Å². The predicted molar refractivity (Wildman–Crippen MR) is 143 cm³/mol. The summed E-state index contributed by atoms with van der Waals surface area (Å²) in [6.07, 6.45) is -6.96. The van der Waals surface area contributed by atoms with Crippen LogP contribution in [0.1, 0.15) is 79.0 Å². The monoisotopic (exact) mass is 598 g/mol. The Labute approximate surface area is 239 Å². The van der Waals surface area contributed by atoms with Crippen molar-refractivity contribution in [2.24, 2.45) is 5.73 Å². The summed E-state index contributed by atoms with van der Waals surface area (Å²) >= 11 is 0. The minimum absolute atomic E-state index is 0.0142. The highest BCUT2D eigenvalue weighted by atomic mass is 19.4. The number of rotatable bonds is 7. The van der Waals surface area contributed by atoms with Crippen LogP contribution in [0.5, 0.6) is 5.75 Å². The molecule has 1 saturated heterocycles. The van der Waals surface area contributed by atoms with E-state index in [1.54, 1.807) is 19.1 Å². The molecule has 1 aliphatic carbocycles. The minimum atomic E-state index is -5.07. The maximum absolute atomic E-state index is 13.5. The highest BCUT2D eigenvalue weighted by Crippen LogP contribution is 2.44. The van der Waals surface area contributed by atoms with Crippen LogP contribution in [0.2, 0.25) is 0 Å². The van der Waals surface area contributed by atoms with E-state index >= 15 is 0 Å². The number of benzene rings is 2. The molecule has 2 aliphatic rings. The van der Waals surface area contributed by atoms with E-state index in [9.17, 15) is 35.9 Å². The van der Waals surface area contributed by atoms with Gasteiger partial charge >= 0.3 is 18.4 Å². The van der Waals surface area contributed by atoms with E-state index in [-0.39, 0.29) is 12.6 Å². The van der Waals surface area contributed by atoms with Crippen molar-refractivity contribution in [1.82, 2.24) is 4.90 Å². The van der Waals surface area contributed by atoms with Crippen molar-refractivity contribution in [3.05, 3.63) is 69.8 Å². The van der Waals surface area contributed by atoms with Crippen LogP contribution in [0.15, 0.2) is 36.4 Å². The van der Waals surface area contributed by atoms with Gasteiger partial charge in [0.15, 0.2) is 0 Å². The zero-order chi connectivity index (χ0) is 31.2. The van der Waals surface area contributed by atoms with E-state index in [1.807, 2.05) is 6.92 Å². The van der Waals surface area contributed by atoms with Gasteiger partial charge in [-0.05, 0) is 98.5 Å². The molecule has 2 aromatic rings. The number of ether oxygens (including phenoxy) is 2. The van der Waals surface area contributed by atoms with Crippen molar-refractivity contribution in [3.63, 3.8) is 0 Å². The number of alkyl halides is 6. The molecule has 2 amide bonds. The van der Waals surface area contributed by atoms with Crippen molar-refractivity contribution in [2.45, 2.75) is 76.4 Å². The number of cyclic esters (lactones) is 1. The lowest BCUT2D eigenvalue weighted by atomic mass is 9.74. The lowest BCUT2D eigenvalue weighted by Gasteiger charge is -2.35. The van der Waals surface area contributed by atoms with Gasteiger partial charge in [0.2, 0.25) is 5.91 Å². The topological polar surface area (TPSA) is 81.9 Å². The van der Waals surface area contributed by atoms with E-state index in [0.29, 0.717) is 23.4 Å². The fraction of sp³-hybridized carbons (Fsp3) is 0.467. The van der Waals surface area contributed by atoms with Crippen molar-refractivity contribution in [1.29, 1.82) is 0 Å². The Bertz CT molecular complexity index is 1390. The second-order valence-corrected chi connectivity index (χ2v) is 11.0. The van der Waals surface area contributed by atoms with Gasteiger partial charge in [-0.3, -0.25) is 9.69 Å². The van der Waals surface area contributed by atoms with Crippen LogP contribution < -0.4 is 10.5 Å². The number of carbonyl (C=O) groups excluding carboxylic acids is 2. The third kappa shape index (κ3) is 5.80. The summed E-state index contributed by atoms with van der Waals surface area (Å²) in [5.74, 6) is -0.183. The average molecular weight is 599 g/mol. The van der Waals surface area contributed by atoms with Gasteiger partial charge in [-0.2, -0.15) is 26.3 Å². The molecule has 1 unspecified atom stereocenters. The number of carbonyl (C=O) groups is 2. The van der Waals surface area contributed by atoms with E-state index in [1.165, 1.54) is 14.0 Å². The van der Waals surface area contributed by atoms with Crippen molar-refractivity contribution in [3.8, 4) is 5.75 Å². The number of allylic oxidation sites excluding steroid dienone is 2. The Morgan fingerprint density at radius 2 is 1.69 bits per heavy atom. The number of amides is 2. The molecule has 2 N–H and O–H groups in total. The summed E-state index contributed by atoms with van der Waals surface area (Å²) in [6.45, 7) is 4.52. The molecule has 3 atom stereocenters. The van der Waals surface area contributed by atoms with Crippen LogP contribution in [-0.4, -0.2) is 36.6 Å². The molecular weight excluding hydrogens is 566 g/mol. The smallest absolute Gasteiger partial charge is 0.416 e. The Morgan fingerprint density at radius 3 is 2.19 bits per heavy atom. The zero-order valence-electron chi connectivity index (χ0n) is 23.6. The first-order valence-corrected chi connectivity index (χ1v) is 13.4. The summed E-state index contributed by atoms with van der Waals surface area (Å²) in [7, 11) is 1.52. The Balaban J connectivity index is 1.77. The molecule has 4 rings (SSSR count). The van der Waals surface area contributed by atoms with Crippen molar-refractivity contribution >= 4 is 17.6 Å². The third-order valence-corrected chi connectivity index (χ3v) is 8.20. The normalized spacial score (nSPS) is 21.0. The quantitative estimate of drug-likeness (QED) is 0.339. The molecule has 6 nitrogen and oxygen atoms in total. The molecule has 42 heavy (non-hydrogen) atoms. The summed E-state index contributed by atoms with van der Waals surface area (Å²) in [4.78, 5) is 27.3. The molecule has 1 heterocycles. The number of primary amides is 1. The van der Waals surface area contributed by atoms with E-state index < -0.39 is 58.6 Å². The molecule has 228 valence electrons. The molecular formula is C30H32F6N2O4. The van der Waals surface area contributed by atoms with Crippen LogP contribution >= 0.6 is 0 Å². The first-order valence-electron chi connectivity index (χ1n) is 13.4. The predicted octanol–water partition coefficient (Wildman–Crippen LogP) is 7.32. The Hall–Kier alpha value is -3.70. The van der Waals surface area contributed by atoms with E-state index in [4.69, 9.17) is 15.2 Å². The Kier molecular flexibility index (Phi) is 8.32. The number of hydrogen-bond donors (Lipinski definition) is 1. The SMILES string of the molecule is COc1ccc(C(C)(CN2C(=O)O[C@H](c3cc(C(F)(F)F)cc(C(F)(F)F)c3)[C@@H]2C)C(N)=O)c(C2=CCCCC2)c1C. The van der Waals surface area contributed by atoms with E-state index in [2.05, 4.69) is 6.08 Å². The first kappa shape index (κ1) is 31.2. The maximum atomic E-state index is 13.5. The summed E-state index contributed by atoms with van der Waals surface area (Å²) in [5, 5.41) is 0. The lowest BCUT2D eigenvalue weighted by molar-refractivity contribution is -0.143. The summed E-state index contributed by atoms with van der Waals surface area (Å²) < 4.78 is 91.9. The molecule has 0 saturated carbocycles. The maximum Gasteiger partial charge on any atom is 0.416 e. The van der Waals surface area contributed by atoms with Crippen LogP contribution in [-0.2, 0) is 27.3 Å². The average Bonchev–Trinajstić information content (AvgIpc) is 3.20. The van der Waals surface area contributed by atoms with Crippen LogP contribution in [0, 0.1) is 6.92 Å². The largest absolute Gasteiger partial charge is 0.496 e. The fourth-order valence-corrected chi connectivity index (χ4v) is 5.79. The number of hydrogen-bond acceptors (Lipinski definition) is 4. The lowest BCUT2D eigenvalue weighted by Crippen LogP contribution is -2.50. The highest BCUT2D eigenvalue weighted by molar-refractivity contribution is 5.90. The van der Waals surface area contributed by atoms with Gasteiger partial charge in [0.1, 0.15) is 11.9 Å². The fourth-order valence-electron chi connectivity index (χ4n) is 5.79. The molecule has 0 spiro atoms. The Morgan fingerprint density at radius 1 is 1.07 bits per heavy atom. The molecule has 12 heteroatoms. The van der Waals surface area contributed by atoms with Crippen LogP contribution in [0.25, 0.3) is 5.57 Å². The first-order chi connectivity index (χ1) is 19.5. The molecule has 2 aromatic carbocycles. The van der Waals surface area contributed by atoms with Gasteiger partial charge in [-0.1, -0.05) is 12.1 Å². The second-order valence-electron chi connectivity index (χ2n) is 11.0. The molecule has 1 aliphatic heterocycles. The standard InChI is InChI=1S/C30H32F6N2O4/c1-16-23(41-4)11-10-22(24(16)18-8-6-5-7-9-18)28(3,26(37)39)15-38-17(2)25(42-27(38)40)19-12-20(29(31,32)33)14-21(13-19)30(34,35)36/h8,10-14,17,25H,5-7,9,15H2,1-4H3,(H2,37,39)/t17-,25-,28?/m0/s1.